The molecule has 1 aromatic carbocycles. The maximum absolute atomic E-state index is 12.9. The number of fused-ring (bicyclic) bond motifs is 1. The molecule has 0 fully saturated rings. The van der Waals surface area contributed by atoms with Crippen LogP contribution in [0.2, 0.25) is 0 Å². The van der Waals surface area contributed by atoms with E-state index in [0.29, 0.717) is 5.69 Å². The van der Waals surface area contributed by atoms with Crippen LogP contribution in [0, 0.1) is 5.82 Å². The molecular formula is C9H10FNO3S. The maximum Gasteiger partial charge on any atom is 0.232 e. The van der Waals surface area contributed by atoms with Gasteiger partial charge in [-0.1, -0.05) is 0 Å². The van der Waals surface area contributed by atoms with Crippen LogP contribution in [-0.2, 0) is 10.0 Å². The second kappa shape index (κ2) is 3.37. The fourth-order valence-corrected chi connectivity index (χ4v) is 2.43. The second-order valence-corrected chi connectivity index (χ2v) is 5.20. The van der Waals surface area contributed by atoms with E-state index in [-0.39, 0.29) is 18.9 Å². The molecule has 0 aliphatic carbocycles. The largest absolute Gasteiger partial charge is 0.489 e. The number of halogens is 1. The van der Waals surface area contributed by atoms with E-state index in [4.69, 9.17) is 4.74 Å². The van der Waals surface area contributed by atoms with Gasteiger partial charge in [0.2, 0.25) is 10.0 Å². The number of anilines is 1. The fourth-order valence-electron chi connectivity index (χ4n) is 1.51. The Morgan fingerprint density at radius 1 is 1.47 bits per heavy atom. The van der Waals surface area contributed by atoms with Gasteiger partial charge in [-0.2, -0.15) is 0 Å². The second-order valence-electron chi connectivity index (χ2n) is 3.30. The molecule has 2 rings (SSSR count). The van der Waals surface area contributed by atoms with Crippen molar-refractivity contribution in [1.29, 1.82) is 0 Å². The Kier molecular flexibility index (Phi) is 2.30. The molecule has 0 saturated carbocycles. The summed E-state index contributed by atoms with van der Waals surface area (Å²) in [7, 11) is -3.32. The van der Waals surface area contributed by atoms with Gasteiger partial charge in [0, 0.05) is 6.07 Å². The molecule has 0 saturated heterocycles. The van der Waals surface area contributed by atoms with E-state index >= 15 is 0 Å². The van der Waals surface area contributed by atoms with E-state index in [1.165, 1.54) is 22.5 Å². The Labute approximate surface area is 87.3 Å². The molecule has 82 valence electrons. The summed E-state index contributed by atoms with van der Waals surface area (Å²) in [4.78, 5) is 0. The van der Waals surface area contributed by atoms with E-state index < -0.39 is 15.8 Å². The summed E-state index contributed by atoms with van der Waals surface area (Å²) in [6.45, 7) is 0.501. The van der Waals surface area contributed by atoms with Crippen LogP contribution in [0.4, 0.5) is 10.1 Å². The molecule has 15 heavy (non-hydrogen) atoms. The molecule has 1 aromatic rings. The van der Waals surface area contributed by atoms with Crippen molar-refractivity contribution in [3.8, 4) is 5.75 Å². The number of hydrogen-bond acceptors (Lipinski definition) is 3. The Balaban J connectivity index is 2.52. The Bertz CT molecular complexity index is 486. The van der Waals surface area contributed by atoms with E-state index in [1.54, 1.807) is 0 Å². The zero-order valence-electron chi connectivity index (χ0n) is 8.10. The molecule has 6 heteroatoms. The third-order valence-electron chi connectivity index (χ3n) is 2.14. The van der Waals surface area contributed by atoms with Crippen molar-refractivity contribution < 1.29 is 17.5 Å². The minimum Gasteiger partial charge on any atom is -0.489 e. The first-order valence-electron chi connectivity index (χ1n) is 4.38. The van der Waals surface area contributed by atoms with Crippen molar-refractivity contribution >= 4 is 15.7 Å². The third kappa shape index (κ3) is 1.90. The van der Waals surface area contributed by atoms with E-state index in [9.17, 15) is 12.8 Å². The summed E-state index contributed by atoms with van der Waals surface area (Å²) < 4.78 is 42.1. The van der Waals surface area contributed by atoms with Crippen molar-refractivity contribution in [2.45, 2.75) is 0 Å². The van der Waals surface area contributed by atoms with Gasteiger partial charge in [0.1, 0.15) is 18.2 Å². The van der Waals surface area contributed by atoms with Crippen molar-refractivity contribution in [2.75, 3.05) is 23.7 Å². The molecule has 0 amide bonds. The van der Waals surface area contributed by atoms with Crippen LogP contribution in [0.1, 0.15) is 0 Å². The summed E-state index contributed by atoms with van der Waals surface area (Å²) in [5.41, 5.74) is 0.394. The molecular weight excluding hydrogens is 221 g/mol. The first kappa shape index (κ1) is 10.2. The molecule has 0 radical (unpaired) electrons. The molecule has 1 heterocycles. The van der Waals surface area contributed by atoms with Gasteiger partial charge >= 0.3 is 0 Å². The highest BCUT2D eigenvalue weighted by atomic mass is 32.2. The van der Waals surface area contributed by atoms with Crippen molar-refractivity contribution in [1.82, 2.24) is 0 Å². The Hall–Kier alpha value is -1.30. The lowest BCUT2D eigenvalue weighted by Gasteiger charge is -2.29. The molecule has 0 bridgehead atoms. The number of sulfonamides is 1. The molecule has 4 nitrogen and oxygen atoms in total. The quantitative estimate of drug-likeness (QED) is 0.724. The van der Waals surface area contributed by atoms with Gasteiger partial charge in [0.15, 0.2) is 0 Å². The molecule has 0 spiro atoms. The van der Waals surface area contributed by atoms with Crippen molar-refractivity contribution in [3.63, 3.8) is 0 Å². The standard InChI is InChI=1S/C9H10FNO3S/c1-15(12,13)11-4-5-14-9-6-7(10)2-3-8(9)11/h2-3,6H,4-5H2,1H3. The normalized spacial score (nSPS) is 15.7. The van der Waals surface area contributed by atoms with Crippen LogP contribution in [0.15, 0.2) is 18.2 Å². The zero-order valence-corrected chi connectivity index (χ0v) is 8.92. The highest BCUT2D eigenvalue weighted by Gasteiger charge is 2.25. The Morgan fingerprint density at radius 3 is 2.87 bits per heavy atom. The zero-order chi connectivity index (χ0) is 11.1. The van der Waals surface area contributed by atoms with Crippen molar-refractivity contribution in [2.24, 2.45) is 0 Å². The monoisotopic (exact) mass is 231 g/mol. The lowest BCUT2D eigenvalue weighted by atomic mass is 10.2. The van der Waals surface area contributed by atoms with E-state index in [0.717, 1.165) is 6.26 Å². The molecule has 0 N–H and O–H groups in total. The van der Waals surface area contributed by atoms with Gasteiger partial charge in [-0.25, -0.2) is 12.8 Å². The number of rotatable bonds is 1. The van der Waals surface area contributed by atoms with Gasteiger partial charge in [0.05, 0.1) is 18.5 Å². The number of nitrogens with zero attached hydrogens (tertiary/aromatic N) is 1. The molecule has 1 aliphatic rings. The lowest BCUT2D eigenvalue weighted by molar-refractivity contribution is 0.314. The summed E-state index contributed by atoms with van der Waals surface area (Å²) in [6.07, 6.45) is 1.12. The SMILES string of the molecule is CS(=O)(=O)N1CCOc2cc(F)ccc21. The molecule has 0 unspecified atom stereocenters. The average Bonchev–Trinajstić information content (AvgIpc) is 2.15. The van der Waals surface area contributed by atoms with Gasteiger partial charge in [-0.15, -0.1) is 0 Å². The maximum atomic E-state index is 12.9. The first-order chi connectivity index (χ1) is 6.98. The Morgan fingerprint density at radius 2 is 2.20 bits per heavy atom. The minimum absolute atomic E-state index is 0.240. The lowest BCUT2D eigenvalue weighted by Crippen LogP contribution is -2.37. The minimum atomic E-state index is -3.32. The van der Waals surface area contributed by atoms with Gasteiger partial charge in [-0.3, -0.25) is 4.31 Å². The highest BCUT2D eigenvalue weighted by Crippen LogP contribution is 2.33. The summed E-state index contributed by atoms with van der Waals surface area (Å²) >= 11 is 0. The topological polar surface area (TPSA) is 46.6 Å². The van der Waals surface area contributed by atoms with Gasteiger partial charge < -0.3 is 4.74 Å². The van der Waals surface area contributed by atoms with Gasteiger partial charge in [-0.05, 0) is 12.1 Å². The van der Waals surface area contributed by atoms with Crippen LogP contribution < -0.4 is 9.04 Å². The predicted octanol–water partition coefficient (Wildman–Crippen LogP) is 0.984. The van der Waals surface area contributed by atoms with E-state index in [1.807, 2.05) is 0 Å². The van der Waals surface area contributed by atoms with Crippen LogP contribution >= 0.6 is 0 Å². The molecule has 1 aliphatic heterocycles. The van der Waals surface area contributed by atoms with Crippen molar-refractivity contribution in [3.05, 3.63) is 24.0 Å². The molecule has 0 atom stereocenters. The van der Waals surface area contributed by atoms with Crippen LogP contribution in [0.25, 0.3) is 0 Å². The van der Waals surface area contributed by atoms with Crippen LogP contribution in [-0.4, -0.2) is 27.8 Å². The fraction of sp³-hybridized carbons (Fsp3) is 0.333. The highest BCUT2D eigenvalue weighted by molar-refractivity contribution is 7.92. The first-order valence-corrected chi connectivity index (χ1v) is 6.23. The predicted molar refractivity (Wildman–Crippen MR) is 54.1 cm³/mol. The summed E-state index contributed by atoms with van der Waals surface area (Å²) in [5.74, 6) is -0.171. The number of benzene rings is 1. The van der Waals surface area contributed by atoms with Crippen LogP contribution in [0.5, 0.6) is 5.75 Å². The summed E-state index contributed by atoms with van der Waals surface area (Å²) in [6, 6.07) is 3.81. The third-order valence-corrected chi connectivity index (χ3v) is 3.32. The average molecular weight is 231 g/mol. The number of hydrogen-bond donors (Lipinski definition) is 0. The van der Waals surface area contributed by atoms with Gasteiger partial charge in [0.25, 0.3) is 0 Å². The summed E-state index contributed by atoms with van der Waals surface area (Å²) in [5, 5.41) is 0. The molecule has 0 aromatic heterocycles. The van der Waals surface area contributed by atoms with E-state index in [2.05, 4.69) is 0 Å². The number of ether oxygens (including phenoxy) is 1. The van der Waals surface area contributed by atoms with Crippen LogP contribution in [0.3, 0.4) is 0 Å². The smallest absolute Gasteiger partial charge is 0.232 e.